The van der Waals surface area contributed by atoms with Gasteiger partial charge in [-0.05, 0) is 45.9 Å². The molecule has 0 aliphatic carbocycles. The van der Waals surface area contributed by atoms with Crippen molar-refractivity contribution in [3.05, 3.63) is 53.1 Å². The number of hydrogen-bond donors (Lipinski definition) is 3. The van der Waals surface area contributed by atoms with Gasteiger partial charge in [0.25, 0.3) is 6.47 Å². The fraction of sp³-hybridized carbons (Fsp3) is 0.429. The Balaban J connectivity index is 0.000000998. The molecule has 2 aromatic rings. The zero-order valence-electron chi connectivity index (χ0n) is 22.7. The second-order valence-corrected chi connectivity index (χ2v) is 11.7. The molecule has 2 heterocycles. The molecule has 2 aromatic carbocycles. The number of phenols is 2. The molecule has 0 saturated carbocycles. The highest BCUT2D eigenvalue weighted by atomic mass is 32.2. The maximum absolute atomic E-state index is 10.9. The number of hydrogen-bond acceptors (Lipinski definition) is 10. The van der Waals surface area contributed by atoms with Crippen LogP contribution in [-0.4, -0.2) is 75.5 Å². The van der Waals surface area contributed by atoms with Gasteiger partial charge in [0.15, 0.2) is 11.5 Å². The molecule has 4 rings (SSSR count). The normalized spacial score (nSPS) is 14.8. The Labute approximate surface area is 237 Å². The van der Waals surface area contributed by atoms with Crippen molar-refractivity contribution in [3.8, 4) is 17.2 Å². The van der Waals surface area contributed by atoms with Gasteiger partial charge in [0.2, 0.25) is 0 Å². The third-order valence-corrected chi connectivity index (χ3v) is 7.89. The number of carbonyl (C=O) groups is 2. The number of rotatable bonds is 9. The van der Waals surface area contributed by atoms with E-state index in [0.29, 0.717) is 24.3 Å². The number of aliphatic imine (C=N–C) groups is 2. The number of thioether (sulfide) groups is 2. The topological polar surface area (TPSA) is 138 Å². The van der Waals surface area contributed by atoms with Gasteiger partial charge in [-0.1, -0.05) is 18.2 Å². The van der Waals surface area contributed by atoms with Crippen LogP contribution >= 0.6 is 23.5 Å². The van der Waals surface area contributed by atoms with Crippen LogP contribution < -0.4 is 4.74 Å². The van der Waals surface area contributed by atoms with E-state index in [1.54, 1.807) is 29.6 Å². The molecule has 0 radical (unpaired) electrons. The number of nitrogens with zero attached hydrogens (tertiary/aromatic N) is 2. The third-order valence-electron chi connectivity index (χ3n) is 5.87. The van der Waals surface area contributed by atoms with Crippen molar-refractivity contribution in [2.24, 2.45) is 9.98 Å². The SMILES string of the molecule is C=O.CC(C)(CCOC(C)(C)c1cccc(C2=NCCS2)c1O)Oc1cccc(C2=NCCS2)c1O.O=CO. The minimum absolute atomic E-state index is 0.124. The summed E-state index contributed by atoms with van der Waals surface area (Å²) in [6, 6.07) is 11.3. The van der Waals surface area contributed by atoms with Crippen LogP contribution in [-0.2, 0) is 19.9 Å². The molecule has 0 amide bonds. The molecule has 11 heteroatoms. The smallest absolute Gasteiger partial charge is 0.290 e. The number of benzene rings is 2. The molecule has 0 unspecified atom stereocenters. The van der Waals surface area contributed by atoms with Crippen molar-refractivity contribution in [3.63, 3.8) is 0 Å². The van der Waals surface area contributed by atoms with Gasteiger partial charge in [0.05, 0.1) is 17.8 Å². The lowest BCUT2D eigenvalue weighted by Crippen LogP contribution is -2.32. The summed E-state index contributed by atoms with van der Waals surface area (Å²) >= 11 is 3.31. The van der Waals surface area contributed by atoms with Crippen LogP contribution in [0.4, 0.5) is 0 Å². The molecule has 212 valence electrons. The zero-order valence-corrected chi connectivity index (χ0v) is 24.3. The van der Waals surface area contributed by atoms with Gasteiger partial charge in [0.1, 0.15) is 28.2 Å². The fourth-order valence-electron chi connectivity index (χ4n) is 3.95. The van der Waals surface area contributed by atoms with Gasteiger partial charge in [0, 0.05) is 42.1 Å². The van der Waals surface area contributed by atoms with Crippen molar-refractivity contribution in [1.82, 2.24) is 0 Å². The number of aromatic hydroxyl groups is 2. The van der Waals surface area contributed by atoms with Crippen molar-refractivity contribution >= 4 is 46.9 Å². The summed E-state index contributed by atoms with van der Waals surface area (Å²) in [6.07, 6.45) is 0.596. The van der Waals surface area contributed by atoms with Crippen LogP contribution in [0.5, 0.6) is 17.2 Å². The van der Waals surface area contributed by atoms with E-state index in [4.69, 9.17) is 24.2 Å². The first-order valence-corrected chi connectivity index (χ1v) is 14.3. The molecular weight excluding hydrogens is 540 g/mol. The summed E-state index contributed by atoms with van der Waals surface area (Å²) in [5, 5.41) is 30.3. The van der Waals surface area contributed by atoms with E-state index in [1.807, 2.05) is 64.8 Å². The van der Waals surface area contributed by atoms with Crippen LogP contribution in [0.3, 0.4) is 0 Å². The average Bonchev–Trinajstić information content (AvgIpc) is 3.62. The largest absolute Gasteiger partial charge is 0.507 e. The molecule has 39 heavy (non-hydrogen) atoms. The summed E-state index contributed by atoms with van der Waals surface area (Å²) in [6.45, 7) is 11.6. The summed E-state index contributed by atoms with van der Waals surface area (Å²) in [5.41, 5.74) is 0.948. The molecule has 0 bridgehead atoms. The third kappa shape index (κ3) is 8.74. The molecular formula is C28H36N2O7S2. The summed E-state index contributed by atoms with van der Waals surface area (Å²) in [7, 11) is 0. The minimum atomic E-state index is -0.695. The van der Waals surface area contributed by atoms with Crippen LogP contribution in [0.15, 0.2) is 46.4 Å². The van der Waals surface area contributed by atoms with E-state index in [0.717, 1.165) is 45.8 Å². The standard InChI is InChI=1S/C26H32N2O4S2.CH2O2.CH2O/c1-25(2,32-20-10-6-8-18(22(20)30)24-28-13-16-34-24)11-14-31-26(3,4)19-9-5-7-17(21(19)29)23-27-12-15-33-23;2-1-3;1-2/h5-10,29-30H,11-16H2,1-4H3;1H,(H,2,3);1H2. The maximum Gasteiger partial charge on any atom is 0.290 e. The Kier molecular flexibility index (Phi) is 12.3. The molecule has 2 aliphatic rings. The molecule has 0 atom stereocenters. The quantitative estimate of drug-likeness (QED) is 0.348. The predicted octanol–water partition coefficient (Wildman–Crippen LogP) is 5.10. The maximum atomic E-state index is 10.9. The number of carbonyl (C=O) groups excluding carboxylic acids is 1. The second kappa shape index (κ2) is 14.9. The lowest BCUT2D eigenvalue weighted by Gasteiger charge is -2.31. The van der Waals surface area contributed by atoms with Gasteiger partial charge in [-0.2, -0.15) is 0 Å². The monoisotopic (exact) mass is 576 g/mol. The second-order valence-electron chi connectivity index (χ2n) is 9.50. The molecule has 0 spiro atoms. The molecule has 0 aromatic heterocycles. The molecule has 2 aliphatic heterocycles. The van der Waals surface area contributed by atoms with Crippen LogP contribution in [0.2, 0.25) is 0 Å². The van der Waals surface area contributed by atoms with Crippen molar-refractivity contribution < 1.29 is 34.4 Å². The number of para-hydroxylation sites is 2. The first-order chi connectivity index (χ1) is 18.6. The fourth-order valence-corrected chi connectivity index (χ4v) is 5.71. The summed E-state index contributed by atoms with van der Waals surface area (Å²) in [5.74, 6) is 2.67. The predicted molar refractivity (Wildman–Crippen MR) is 158 cm³/mol. The first-order valence-electron chi connectivity index (χ1n) is 12.3. The Morgan fingerprint density at radius 2 is 1.44 bits per heavy atom. The van der Waals surface area contributed by atoms with Gasteiger partial charge >= 0.3 is 0 Å². The Hall–Kier alpha value is -3.02. The van der Waals surface area contributed by atoms with Crippen LogP contribution in [0.25, 0.3) is 0 Å². The Bertz CT molecular complexity index is 1180. The first kappa shape index (κ1) is 32.2. The molecule has 3 N–H and O–H groups in total. The minimum Gasteiger partial charge on any atom is -0.507 e. The summed E-state index contributed by atoms with van der Waals surface area (Å²) < 4.78 is 12.5. The lowest BCUT2D eigenvalue weighted by atomic mass is 9.94. The number of carboxylic acid groups (broad SMARTS) is 1. The van der Waals surface area contributed by atoms with Gasteiger partial charge in [-0.3, -0.25) is 14.8 Å². The van der Waals surface area contributed by atoms with E-state index in [2.05, 4.69) is 9.98 Å². The number of phenolic OH excluding ortho intramolecular Hbond substituents is 2. The van der Waals surface area contributed by atoms with Crippen molar-refractivity contribution in [2.75, 3.05) is 31.2 Å². The molecule has 0 saturated heterocycles. The van der Waals surface area contributed by atoms with E-state index < -0.39 is 11.2 Å². The lowest BCUT2D eigenvalue weighted by molar-refractivity contribution is -0.122. The van der Waals surface area contributed by atoms with Gasteiger partial charge in [-0.25, -0.2) is 0 Å². The van der Waals surface area contributed by atoms with E-state index in [-0.39, 0.29) is 18.0 Å². The van der Waals surface area contributed by atoms with Crippen molar-refractivity contribution in [2.45, 2.75) is 45.3 Å². The van der Waals surface area contributed by atoms with Crippen LogP contribution in [0.1, 0.15) is 50.8 Å². The highest BCUT2D eigenvalue weighted by Gasteiger charge is 2.30. The average molecular weight is 577 g/mol. The Morgan fingerprint density at radius 1 is 0.923 bits per heavy atom. The van der Waals surface area contributed by atoms with Gasteiger partial charge < -0.3 is 29.6 Å². The zero-order chi connectivity index (χ0) is 29.1. The van der Waals surface area contributed by atoms with E-state index in [1.165, 1.54) is 0 Å². The highest BCUT2D eigenvalue weighted by Crippen LogP contribution is 2.39. The number of ether oxygens (including phenoxy) is 2. The van der Waals surface area contributed by atoms with Crippen molar-refractivity contribution in [1.29, 1.82) is 0 Å². The molecule has 9 nitrogen and oxygen atoms in total. The Morgan fingerprint density at radius 3 is 1.95 bits per heavy atom. The van der Waals surface area contributed by atoms with Gasteiger partial charge in [-0.15, -0.1) is 23.5 Å². The summed E-state index contributed by atoms with van der Waals surface area (Å²) in [4.78, 5) is 25.3. The van der Waals surface area contributed by atoms with Crippen LogP contribution in [0, 0.1) is 0 Å². The highest BCUT2D eigenvalue weighted by molar-refractivity contribution is 8.15. The molecule has 0 fully saturated rings. The van der Waals surface area contributed by atoms with E-state index >= 15 is 0 Å². The van der Waals surface area contributed by atoms with E-state index in [9.17, 15) is 10.2 Å².